The molecule has 0 radical (unpaired) electrons. The van der Waals surface area contributed by atoms with Gasteiger partial charge in [-0.15, -0.1) is 0 Å². The third-order valence-corrected chi connectivity index (χ3v) is 6.76. The molecule has 1 saturated carbocycles. The number of para-hydroxylation sites is 2. The summed E-state index contributed by atoms with van der Waals surface area (Å²) in [6, 6.07) is 15.5. The van der Waals surface area contributed by atoms with E-state index in [1.54, 1.807) is 24.3 Å². The maximum absolute atomic E-state index is 12.4. The van der Waals surface area contributed by atoms with Crippen LogP contribution in [0.4, 0.5) is 20.6 Å². The lowest BCUT2D eigenvalue weighted by molar-refractivity contribution is 0.137. The van der Waals surface area contributed by atoms with E-state index in [9.17, 15) is 9.18 Å². The summed E-state index contributed by atoms with van der Waals surface area (Å²) in [5.41, 5.74) is 1.84. The number of hydrogen-bond donors (Lipinski definition) is 2. The Balaban J connectivity index is 1.20. The molecule has 0 atom stereocenters. The lowest BCUT2D eigenvalue weighted by atomic mass is 9.90. The minimum Gasteiger partial charge on any atom is -0.489 e. The number of nitrogens with zero attached hydrogens (tertiary/aromatic N) is 2. The molecule has 1 heterocycles. The van der Waals surface area contributed by atoms with Crippen molar-refractivity contribution >= 4 is 17.4 Å². The summed E-state index contributed by atoms with van der Waals surface area (Å²) in [4.78, 5) is 17.4. The molecule has 0 spiro atoms. The zero-order chi connectivity index (χ0) is 24.6. The van der Waals surface area contributed by atoms with Gasteiger partial charge in [-0.1, -0.05) is 12.1 Å². The number of nitrogens with one attached hydrogen (secondary N) is 2. The van der Waals surface area contributed by atoms with Gasteiger partial charge in [0.05, 0.1) is 11.8 Å². The summed E-state index contributed by atoms with van der Waals surface area (Å²) in [6.07, 6.45) is 4.30. The Kier molecular flexibility index (Phi) is 8.69. The van der Waals surface area contributed by atoms with E-state index in [0.717, 1.165) is 57.6 Å². The first kappa shape index (κ1) is 25.1. The average molecular weight is 485 g/mol. The van der Waals surface area contributed by atoms with Gasteiger partial charge in [-0.2, -0.15) is 0 Å². The number of alkyl halides is 1. The highest BCUT2D eigenvalue weighted by Crippen LogP contribution is 2.31. The van der Waals surface area contributed by atoms with Crippen LogP contribution in [0.2, 0.25) is 0 Å². The molecule has 190 valence electrons. The van der Waals surface area contributed by atoms with Gasteiger partial charge in [0.2, 0.25) is 6.86 Å². The molecule has 1 aliphatic carbocycles. The van der Waals surface area contributed by atoms with Gasteiger partial charge in [0, 0.05) is 44.0 Å². The van der Waals surface area contributed by atoms with E-state index < -0.39 is 6.86 Å². The van der Waals surface area contributed by atoms with Crippen LogP contribution in [0.3, 0.4) is 0 Å². The second-order valence-electron chi connectivity index (χ2n) is 9.54. The first-order valence-electron chi connectivity index (χ1n) is 12.6. The van der Waals surface area contributed by atoms with Crippen molar-refractivity contribution in [3.63, 3.8) is 0 Å². The molecular formula is C27H37FN4O3. The number of halogens is 1. The fourth-order valence-corrected chi connectivity index (χ4v) is 5.04. The maximum Gasteiger partial charge on any atom is 0.319 e. The van der Waals surface area contributed by atoms with Crippen LogP contribution in [-0.2, 0) is 0 Å². The van der Waals surface area contributed by atoms with Crippen molar-refractivity contribution in [2.24, 2.45) is 0 Å². The summed E-state index contributed by atoms with van der Waals surface area (Å²) in [7, 11) is 0. The summed E-state index contributed by atoms with van der Waals surface area (Å²) in [5.74, 6) is 1.40. The second kappa shape index (κ2) is 12.1. The van der Waals surface area contributed by atoms with E-state index in [4.69, 9.17) is 9.47 Å². The van der Waals surface area contributed by atoms with Crippen molar-refractivity contribution in [2.45, 2.75) is 57.7 Å². The highest BCUT2D eigenvalue weighted by molar-refractivity contribution is 5.89. The molecule has 2 N–H and O–H groups in total. The lowest BCUT2D eigenvalue weighted by Crippen LogP contribution is -2.52. The number of anilines is 2. The van der Waals surface area contributed by atoms with E-state index in [2.05, 4.69) is 52.5 Å². The fourth-order valence-electron chi connectivity index (χ4n) is 5.04. The van der Waals surface area contributed by atoms with Gasteiger partial charge in [0.1, 0.15) is 11.5 Å². The van der Waals surface area contributed by atoms with Gasteiger partial charge in [-0.05, 0) is 75.9 Å². The second-order valence-corrected chi connectivity index (χ2v) is 9.54. The van der Waals surface area contributed by atoms with Crippen LogP contribution in [0.1, 0.15) is 39.5 Å². The topological polar surface area (TPSA) is 66.1 Å². The smallest absolute Gasteiger partial charge is 0.319 e. The fraction of sp³-hybridized carbons (Fsp3) is 0.519. The normalized spacial score (nSPS) is 21.0. The van der Waals surface area contributed by atoms with Crippen LogP contribution in [0.5, 0.6) is 11.5 Å². The minimum atomic E-state index is -0.868. The number of amides is 2. The molecule has 0 unspecified atom stereocenters. The molecule has 2 amide bonds. The molecule has 2 aromatic rings. The van der Waals surface area contributed by atoms with Crippen molar-refractivity contribution in [2.75, 3.05) is 43.3 Å². The van der Waals surface area contributed by atoms with Crippen LogP contribution >= 0.6 is 0 Å². The molecule has 2 aliphatic rings. The number of carbonyl (C=O) groups excluding carboxylic acids is 1. The summed E-state index contributed by atoms with van der Waals surface area (Å²) in [6.45, 7) is 7.33. The number of piperazine rings is 1. The van der Waals surface area contributed by atoms with E-state index in [0.29, 0.717) is 17.5 Å². The average Bonchev–Trinajstić information content (AvgIpc) is 2.86. The highest BCUT2D eigenvalue weighted by Gasteiger charge is 2.29. The molecule has 0 aromatic heterocycles. The quantitative estimate of drug-likeness (QED) is 0.550. The van der Waals surface area contributed by atoms with Gasteiger partial charge < -0.3 is 25.0 Å². The van der Waals surface area contributed by atoms with E-state index in [1.165, 1.54) is 5.69 Å². The van der Waals surface area contributed by atoms with E-state index in [1.807, 2.05) is 6.07 Å². The van der Waals surface area contributed by atoms with Crippen molar-refractivity contribution in [1.82, 2.24) is 10.2 Å². The lowest BCUT2D eigenvalue weighted by Gasteiger charge is -2.43. The first-order chi connectivity index (χ1) is 17.0. The Morgan fingerprint density at radius 2 is 1.69 bits per heavy atom. The van der Waals surface area contributed by atoms with Gasteiger partial charge >= 0.3 is 6.03 Å². The molecule has 2 fully saturated rings. The molecule has 1 saturated heterocycles. The largest absolute Gasteiger partial charge is 0.489 e. The van der Waals surface area contributed by atoms with Gasteiger partial charge in [0.15, 0.2) is 0 Å². The zero-order valence-electron chi connectivity index (χ0n) is 20.7. The van der Waals surface area contributed by atoms with Gasteiger partial charge in [-0.3, -0.25) is 4.90 Å². The van der Waals surface area contributed by atoms with Crippen LogP contribution in [0.25, 0.3) is 0 Å². The molecule has 4 rings (SSSR count). The minimum absolute atomic E-state index is 0.158. The molecule has 35 heavy (non-hydrogen) atoms. The molecule has 0 bridgehead atoms. The van der Waals surface area contributed by atoms with Crippen LogP contribution in [0, 0.1) is 0 Å². The number of carbonyl (C=O) groups is 1. The van der Waals surface area contributed by atoms with Crippen LogP contribution in [0.15, 0.2) is 48.5 Å². The maximum atomic E-state index is 12.4. The van der Waals surface area contributed by atoms with Gasteiger partial charge in [-0.25, -0.2) is 9.18 Å². The number of ether oxygens (including phenoxy) is 2. The SMILES string of the molecule is CC(C)Oc1ccccc1N1CCN([C@H]2CC[C@@H](NC(=O)Nc3ccc(OCF)cc3)CC2)CC1. The third kappa shape index (κ3) is 7.01. The Hall–Kier alpha value is -3.00. The van der Waals surface area contributed by atoms with Crippen molar-refractivity contribution < 1.29 is 18.7 Å². The summed E-state index contributed by atoms with van der Waals surface area (Å²) >= 11 is 0. The number of rotatable bonds is 8. The molecule has 7 nitrogen and oxygen atoms in total. The number of benzene rings is 2. The predicted octanol–water partition coefficient (Wildman–Crippen LogP) is 5.03. The van der Waals surface area contributed by atoms with Crippen molar-refractivity contribution in [1.29, 1.82) is 0 Å². The molecule has 1 aliphatic heterocycles. The Morgan fingerprint density at radius 1 is 1.00 bits per heavy atom. The van der Waals surface area contributed by atoms with Crippen LogP contribution in [-0.4, -0.2) is 62.2 Å². The molecular weight excluding hydrogens is 447 g/mol. The monoisotopic (exact) mass is 484 g/mol. The molecule has 8 heteroatoms. The van der Waals surface area contributed by atoms with Crippen molar-refractivity contribution in [3.05, 3.63) is 48.5 Å². The third-order valence-electron chi connectivity index (χ3n) is 6.76. The van der Waals surface area contributed by atoms with Gasteiger partial charge in [0.25, 0.3) is 0 Å². The summed E-state index contributed by atoms with van der Waals surface area (Å²) < 4.78 is 23.0. The number of urea groups is 1. The summed E-state index contributed by atoms with van der Waals surface area (Å²) in [5, 5.41) is 5.94. The highest BCUT2D eigenvalue weighted by atomic mass is 19.1. The predicted molar refractivity (Wildman–Crippen MR) is 137 cm³/mol. The standard InChI is InChI=1S/C27H37FN4O3/c1-20(2)35-26-6-4-3-5-25(26)32-17-15-31(16-18-32)23-11-7-21(8-12-23)29-27(33)30-22-9-13-24(14-10-22)34-19-28/h3-6,9-10,13-14,20-21,23H,7-8,11-12,15-19H2,1-2H3,(H2,29,30,33)/t21-,23+. The Morgan fingerprint density at radius 3 is 2.34 bits per heavy atom. The van der Waals surface area contributed by atoms with E-state index >= 15 is 0 Å². The van der Waals surface area contributed by atoms with Crippen LogP contribution < -0.4 is 25.0 Å². The zero-order valence-corrected chi connectivity index (χ0v) is 20.7. The molecule has 2 aromatic carbocycles. The Bertz CT molecular complexity index is 940. The van der Waals surface area contributed by atoms with Crippen molar-refractivity contribution in [3.8, 4) is 11.5 Å². The number of hydrogen-bond acceptors (Lipinski definition) is 5. The first-order valence-corrected chi connectivity index (χ1v) is 12.6. The Labute approximate surface area is 207 Å². The van der Waals surface area contributed by atoms with E-state index in [-0.39, 0.29) is 18.2 Å².